The lowest BCUT2D eigenvalue weighted by molar-refractivity contribution is -0.115. The predicted molar refractivity (Wildman–Crippen MR) is 113 cm³/mol. The highest BCUT2D eigenvalue weighted by Crippen LogP contribution is 2.33. The molecule has 0 fully saturated rings. The number of pyridine rings is 2. The fourth-order valence-electron chi connectivity index (χ4n) is 3.24. The number of anilines is 3. The molecule has 1 aliphatic heterocycles. The molecule has 3 heterocycles. The molecule has 7 nitrogen and oxygen atoms in total. The Hall–Kier alpha value is -3.68. The first-order valence-corrected chi connectivity index (χ1v) is 9.56. The van der Waals surface area contributed by atoms with Crippen molar-refractivity contribution in [2.45, 2.75) is 20.1 Å². The van der Waals surface area contributed by atoms with Crippen LogP contribution in [0.2, 0.25) is 0 Å². The predicted octanol–water partition coefficient (Wildman–Crippen LogP) is 3.50. The van der Waals surface area contributed by atoms with Crippen LogP contribution in [0.25, 0.3) is 0 Å². The maximum Gasteiger partial charge on any atom is 0.243 e. The van der Waals surface area contributed by atoms with Gasteiger partial charge in [-0.25, -0.2) is 9.97 Å². The van der Waals surface area contributed by atoms with Crippen molar-refractivity contribution in [2.24, 2.45) is 0 Å². The topological polar surface area (TPSA) is 79.4 Å². The lowest BCUT2D eigenvalue weighted by atomic mass is 10.2. The highest BCUT2D eigenvalue weighted by molar-refractivity contribution is 6.02. The first-order valence-electron chi connectivity index (χ1n) is 9.56. The van der Waals surface area contributed by atoms with Gasteiger partial charge >= 0.3 is 0 Å². The molecule has 1 aromatic carbocycles. The van der Waals surface area contributed by atoms with Crippen LogP contribution in [0.1, 0.15) is 16.8 Å². The Morgan fingerprint density at radius 1 is 1.20 bits per heavy atom. The standard InChI is InChI=1S/C22H22FN5O2/c1-14-22-18(28(2)12-21(29)27-22)9-20(26-14)25-10-15-3-6-17(7-4-15)30-13-16-5-8-19(23)24-11-16/h3-9,11H,10,12-13H2,1-2H3,(H,25,26)(H,27,29). The lowest BCUT2D eigenvalue weighted by Crippen LogP contribution is -2.36. The third-order valence-corrected chi connectivity index (χ3v) is 4.83. The number of hydrogen-bond acceptors (Lipinski definition) is 6. The van der Waals surface area contributed by atoms with E-state index in [9.17, 15) is 9.18 Å². The smallest absolute Gasteiger partial charge is 0.243 e. The number of aryl methyl sites for hydroxylation is 1. The summed E-state index contributed by atoms with van der Waals surface area (Å²) in [5.41, 5.74) is 4.36. The SMILES string of the molecule is Cc1nc(NCc2ccc(OCc3ccc(F)nc3)cc2)cc2c1NC(=O)CN2C. The molecule has 4 rings (SSSR count). The average Bonchev–Trinajstić information content (AvgIpc) is 2.73. The molecule has 0 saturated heterocycles. The number of amides is 1. The molecule has 2 aromatic heterocycles. The second kappa shape index (κ2) is 8.36. The third kappa shape index (κ3) is 4.48. The van der Waals surface area contributed by atoms with E-state index in [2.05, 4.69) is 20.6 Å². The minimum atomic E-state index is -0.504. The van der Waals surface area contributed by atoms with E-state index >= 15 is 0 Å². The highest BCUT2D eigenvalue weighted by Gasteiger charge is 2.22. The van der Waals surface area contributed by atoms with Crippen molar-refractivity contribution >= 4 is 23.1 Å². The van der Waals surface area contributed by atoms with Crippen molar-refractivity contribution in [3.63, 3.8) is 0 Å². The summed E-state index contributed by atoms with van der Waals surface area (Å²) in [5, 5.41) is 6.22. The Balaban J connectivity index is 1.36. The van der Waals surface area contributed by atoms with Crippen LogP contribution in [0.3, 0.4) is 0 Å². The maximum absolute atomic E-state index is 12.8. The third-order valence-electron chi connectivity index (χ3n) is 4.83. The molecule has 3 aromatic rings. The summed E-state index contributed by atoms with van der Waals surface area (Å²) >= 11 is 0. The Labute approximate surface area is 173 Å². The summed E-state index contributed by atoms with van der Waals surface area (Å²) in [6, 6.07) is 12.6. The van der Waals surface area contributed by atoms with Gasteiger partial charge < -0.3 is 20.3 Å². The molecule has 0 saturated carbocycles. The maximum atomic E-state index is 12.8. The number of carbonyl (C=O) groups excluding carboxylic acids is 1. The first-order chi connectivity index (χ1) is 14.5. The average molecular weight is 407 g/mol. The number of aromatic nitrogens is 2. The molecule has 0 aliphatic carbocycles. The molecule has 1 aliphatic rings. The van der Waals surface area contributed by atoms with E-state index in [-0.39, 0.29) is 5.91 Å². The van der Waals surface area contributed by atoms with E-state index < -0.39 is 5.95 Å². The van der Waals surface area contributed by atoms with Gasteiger partial charge in [0.05, 0.1) is 23.6 Å². The number of likely N-dealkylation sites (N-methyl/N-ethyl adjacent to an activating group) is 1. The Morgan fingerprint density at radius 2 is 1.97 bits per heavy atom. The van der Waals surface area contributed by atoms with Crippen molar-refractivity contribution in [3.05, 3.63) is 71.4 Å². The number of halogens is 1. The quantitative estimate of drug-likeness (QED) is 0.609. The van der Waals surface area contributed by atoms with Crippen molar-refractivity contribution in [2.75, 3.05) is 29.1 Å². The van der Waals surface area contributed by atoms with Crippen molar-refractivity contribution < 1.29 is 13.9 Å². The zero-order valence-corrected chi connectivity index (χ0v) is 16.8. The van der Waals surface area contributed by atoms with Crippen molar-refractivity contribution in [1.29, 1.82) is 0 Å². The van der Waals surface area contributed by atoms with E-state index in [0.29, 0.717) is 19.7 Å². The van der Waals surface area contributed by atoms with Gasteiger partial charge in [-0.15, -0.1) is 0 Å². The molecular formula is C22H22FN5O2. The van der Waals surface area contributed by atoms with Gasteiger partial charge in [-0.2, -0.15) is 4.39 Å². The first kappa shape index (κ1) is 19.6. The van der Waals surface area contributed by atoms with Crippen LogP contribution in [-0.2, 0) is 17.9 Å². The van der Waals surface area contributed by atoms with Gasteiger partial charge in [0, 0.05) is 31.4 Å². The number of fused-ring (bicyclic) bond motifs is 1. The molecule has 0 spiro atoms. The summed E-state index contributed by atoms with van der Waals surface area (Å²) in [6.07, 6.45) is 1.46. The van der Waals surface area contributed by atoms with E-state index in [1.165, 1.54) is 12.3 Å². The highest BCUT2D eigenvalue weighted by atomic mass is 19.1. The van der Waals surface area contributed by atoms with E-state index in [4.69, 9.17) is 4.74 Å². The zero-order chi connectivity index (χ0) is 21.1. The Morgan fingerprint density at radius 3 is 2.70 bits per heavy atom. The van der Waals surface area contributed by atoms with Gasteiger partial charge in [-0.3, -0.25) is 4.79 Å². The van der Waals surface area contributed by atoms with Crippen LogP contribution in [0.5, 0.6) is 5.75 Å². The summed E-state index contributed by atoms with van der Waals surface area (Å²) in [7, 11) is 1.89. The van der Waals surface area contributed by atoms with Crippen molar-refractivity contribution in [3.8, 4) is 5.75 Å². The molecular weight excluding hydrogens is 385 g/mol. The minimum absolute atomic E-state index is 0.0337. The second-order valence-corrected chi connectivity index (χ2v) is 7.17. The number of nitrogens with one attached hydrogen (secondary N) is 2. The number of benzene rings is 1. The van der Waals surface area contributed by atoms with Gasteiger partial charge in [-0.05, 0) is 36.8 Å². The largest absolute Gasteiger partial charge is 0.489 e. The van der Waals surface area contributed by atoms with E-state index in [1.54, 1.807) is 6.07 Å². The van der Waals surface area contributed by atoms with Gasteiger partial charge in [0.25, 0.3) is 0 Å². The molecule has 2 N–H and O–H groups in total. The summed E-state index contributed by atoms with van der Waals surface area (Å²) in [4.78, 5) is 21.8. The van der Waals surface area contributed by atoms with Crippen LogP contribution >= 0.6 is 0 Å². The molecule has 154 valence electrons. The Kier molecular flexibility index (Phi) is 5.47. The Bertz CT molecular complexity index is 1050. The van der Waals surface area contributed by atoms with Gasteiger partial charge in [0.2, 0.25) is 11.9 Å². The normalized spacial score (nSPS) is 12.9. The number of carbonyl (C=O) groups is 1. The van der Waals surface area contributed by atoms with E-state index in [0.717, 1.165) is 39.8 Å². The van der Waals surface area contributed by atoms with Gasteiger partial charge in [-0.1, -0.05) is 12.1 Å². The monoisotopic (exact) mass is 407 g/mol. The van der Waals surface area contributed by atoms with Crippen molar-refractivity contribution in [1.82, 2.24) is 9.97 Å². The van der Waals surface area contributed by atoms with Crippen LogP contribution in [-0.4, -0.2) is 29.5 Å². The number of ether oxygens (including phenoxy) is 1. The minimum Gasteiger partial charge on any atom is -0.489 e. The molecule has 0 atom stereocenters. The molecule has 1 amide bonds. The van der Waals surface area contributed by atoms with Crippen LogP contribution in [0, 0.1) is 12.9 Å². The zero-order valence-electron chi connectivity index (χ0n) is 16.8. The number of rotatable bonds is 6. The molecule has 30 heavy (non-hydrogen) atoms. The van der Waals surface area contributed by atoms with Gasteiger partial charge in [0.1, 0.15) is 18.2 Å². The molecule has 0 bridgehead atoms. The summed E-state index contributed by atoms with van der Waals surface area (Å²) in [6.45, 7) is 3.13. The lowest BCUT2D eigenvalue weighted by Gasteiger charge is -2.28. The van der Waals surface area contributed by atoms with Crippen LogP contribution in [0.4, 0.5) is 21.6 Å². The second-order valence-electron chi connectivity index (χ2n) is 7.17. The van der Waals surface area contributed by atoms with E-state index in [1.807, 2.05) is 49.2 Å². The van der Waals surface area contributed by atoms with Crippen LogP contribution in [0.15, 0.2) is 48.7 Å². The van der Waals surface area contributed by atoms with Crippen LogP contribution < -0.4 is 20.3 Å². The molecule has 8 heteroatoms. The molecule has 0 radical (unpaired) electrons. The van der Waals surface area contributed by atoms with Gasteiger partial charge in [0.15, 0.2) is 0 Å². The molecule has 0 unspecified atom stereocenters. The summed E-state index contributed by atoms with van der Waals surface area (Å²) in [5.74, 6) is 0.936. The number of nitrogens with zero attached hydrogens (tertiary/aromatic N) is 3. The fraction of sp³-hybridized carbons (Fsp3) is 0.227. The fourth-order valence-corrected chi connectivity index (χ4v) is 3.24. The number of hydrogen-bond donors (Lipinski definition) is 2. The summed E-state index contributed by atoms with van der Waals surface area (Å²) < 4.78 is 18.6.